The molecule has 1 aromatic carbocycles. The van der Waals surface area contributed by atoms with Crippen LogP contribution in [0.3, 0.4) is 0 Å². The van der Waals surface area contributed by atoms with Crippen LogP contribution in [0.15, 0.2) is 23.8 Å². The maximum absolute atomic E-state index is 6.21. The summed E-state index contributed by atoms with van der Waals surface area (Å²) in [7, 11) is 0. The minimum atomic E-state index is 0.214. The smallest absolute Gasteiger partial charge is 0.126 e. The van der Waals surface area contributed by atoms with Gasteiger partial charge in [0, 0.05) is 17.5 Å². The highest BCUT2D eigenvalue weighted by Crippen LogP contribution is 2.35. The average molecular weight is 278 g/mol. The van der Waals surface area contributed by atoms with E-state index in [1.54, 1.807) is 0 Å². The number of ether oxygens (including phenoxy) is 1. The number of halogens is 1. The molecule has 102 valence electrons. The van der Waals surface area contributed by atoms with E-state index in [1.165, 1.54) is 29.5 Å². The van der Waals surface area contributed by atoms with Gasteiger partial charge in [-0.05, 0) is 48.9 Å². The van der Waals surface area contributed by atoms with E-state index in [2.05, 4.69) is 6.08 Å². The molecule has 1 unspecified atom stereocenters. The van der Waals surface area contributed by atoms with Crippen LogP contribution in [0.5, 0.6) is 5.75 Å². The molecule has 1 aliphatic heterocycles. The fraction of sp³-hybridized carbons (Fsp3) is 0.500. The molecule has 2 aliphatic rings. The van der Waals surface area contributed by atoms with Gasteiger partial charge >= 0.3 is 0 Å². The number of rotatable bonds is 2. The number of hydrogen-bond donors (Lipinski definition) is 1. The second-order valence-electron chi connectivity index (χ2n) is 5.56. The van der Waals surface area contributed by atoms with Gasteiger partial charge in [-0.15, -0.1) is 0 Å². The molecule has 1 heterocycles. The van der Waals surface area contributed by atoms with Crippen molar-refractivity contribution in [2.24, 2.45) is 5.73 Å². The lowest BCUT2D eigenvalue weighted by atomic mass is 9.98. The number of allylic oxidation sites excluding steroid dienone is 1. The van der Waals surface area contributed by atoms with Gasteiger partial charge in [-0.3, -0.25) is 0 Å². The first-order chi connectivity index (χ1) is 9.22. The normalized spacial score (nSPS) is 22.4. The van der Waals surface area contributed by atoms with Crippen molar-refractivity contribution in [2.75, 3.05) is 6.61 Å². The third-order valence-corrected chi connectivity index (χ3v) is 4.20. The summed E-state index contributed by atoms with van der Waals surface area (Å²) in [5, 5.41) is 0.817. The van der Waals surface area contributed by atoms with Crippen molar-refractivity contribution in [3.8, 4) is 5.75 Å². The van der Waals surface area contributed by atoms with Gasteiger partial charge < -0.3 is 10.5 Å². The van der Waals surface area contributed by atoms with E-state index in [0.29, 0.717) is 0 Å². The Labute approximate surface area is 119 Å². The SMILES string of the molecule is NC1C=C(Cc2cc(Cl)cc3c2OCC3)CCCC1. The molecule has 0 amide bonds. The summed E-state index contributed by atoms with van der Waals surface area (Å²) in [6, 6.07) is 4.29. The van der Waals surface area contributed by atoms with Crippen molar-refractivity contribution in [3.05, 3.63) is 39.9 Å². The Kier molecular flexibility index (Phi) is 3.81. The minimum absolute atomic E-state index is 0.214. The van der Waals surface area contributed by atoms with E-state index in [9.17, 15) is 0 Å². The highest BCUT2D eigenvalue weighted by atomic mass is 35.5. The lowest BCUT2D eigenvalue weighted by Crippen LogP contribution is -2.16. The molecular weight excluding hydrogens is 258 g/mol. The third-order valence-electron chi connectivity index (χ3n) is 3.98. The molecule has 3 rings (SSSR count). The van der Waals surface area contributed by atoms with Crippen molar-refractivity contribution in [1.82, 2.24) is 0 Å². The maximum atomic E-state index is 6.21. The van der Waals surface area contributed by atoms with Crippen LogP contribution in [0.2, 0.25) is 5.02 Å². The summed E-state index contributed by atoms with van der Waals surface area (Å²) < 4.78 is 5.77. The lowest BCUT2D eigenvalue weighted by Gasteiger charge is -2.11. The monoisotopic (exact) mass is 277 g/mol. The summed E-state index contributed by atoms with van der Waals surface area (Å²) in [6.07, 6.45) is 8.87. The Hall–Kier alpha value is -0.990. The van der Waals surface area contributed by atoms with Crippen LogP contribution in [0.25, 0.3) is 0 Å². The van der Waals surface area contributed by atoms with Gasteiger partial charge in [0.05, 0.1) is 6.61 Å². The molecule has 0 fully saturated rings. The van der Waals surface area contributed by atoms with Gasteiger partial charge in [-0.2, -0.15) is 0 Å². The van der Waals surface area contributed by atoms with E-state index in [-0.39, 0.29) is 6.04 Å². The maximum Gasteiger partial charge on any atom is 0.126 e. The number of fused-ring (bicyclic) bond motifs is 1. The van der Waals surface area contributed by atoms with Crippen molar-refractivity contribution in [2.45, 2.75) is 44.6 Å². The first-order valence-electron chi connectivity index (χ1n) is 7.11. The van der Waals surface area contributed by atoms with Crippen LogP contribution < -0.4 is 10.5 Å². The summed E-state index contributed by atoms with van der Waals surface area (Å²) >= 11 is 6.21. The first kappa shape index (κ1) is 13.0. The molecule has 1 aromatic rings. The molecule has 1 aliphatic carbocycles. The Morgan fingerprint density at radius 1 is 1.26 bits per heavy atom. The molecule has 19 heavy (non-hydrogen) atoms. The van der Waals surface area contributed by atoms with E-state index in [1.807, 2.05) is 12.1 Å². The Morgan fingerprint density at radius 2 is 2.16 bits per heavy atom. The van der Waals surface area contributed by atoms with Crippen molar-refractivity contribution >= 4 is 11.6 Å². The topological polar surface area (TPSA) is 35.2 Å². The number of nitrogens with two attached hydrogens (primary N) is 1. The molecule has 2 N–H and O–H groups in total. The second-order valence-corrected chi connectivity index (χ2v) is 6.00. The summed E-state index contributed by atoms with van der Waals surface area (Å²) in [6.45, 7) is 0.779. The fourth-order valence-electron chi connectivity index (χ4n) is 3.07. The van der Waals surface area contributed by atoms with Crippen molar-refractivity contribution in [1.29, 1.82) is 0 Å². The van der Waals surface area contributed by atoms with E-state index < -0.39 is 0 Å². The molecule has 1 atom stereocenters. The molecule has 0 saturated heterocycles. The summed E-state index contributed by atoms with van der Waals surface area (Å²) in [5.41, 5.74) is 10.00. The molecule has 0 aromatic heterocycles. The molecule has 0 radical (unpaired) electrons. The van der Waals surface area contributed by atoms with Crippen LogP contribution >= 0.6 is 11.6 Å². The zero-order chi connectivity index (χ0) is 13.2. The molecular formula is C16H20ClNO. The van der Waals surface area contributed by atoms with Gasteiger partial charge in [-0.25, -0.2) is 0 Å². The fourth-order valence-corrected chi connectivity index (χ4v) is 3.33. The molecule has 2 nitrogen and oxygen atoms in total. The number of hydrogen-bond acceptors (Lipinski definition) is 2. The van der Waals surface area contributed by atoms with Crippen molar-refractivity contribution in [3.63, 3.8) is 0 Å². The van der Waals surface area contributed by atoms with Gasteiger partial charge in [-0.1, -0.05) is 29.7 Å². The molecule has 3 heteroatoms. The van der Waals surface area contributed by atoms with Crippen molar-refractivity contribution < 1.29 is 4.74 Å². The zero-order valence-electron chi connectivity index (χ0n) is 11.1. The van der Waals surface area contributed by atoms with Gasteiger partial charge in [0.25, 0.3) is 0 Å². The van der Waals surface area contributed by atoms with Crippen LogP contribution in [-0.2, 0) is 12.8 Å². The van der Waals surface area contributed by atoms with Crippen LogP contribution in [0, 0.1) is 0 Å². The molecule has 0 saturated carbocycles. The van der Waals surface area contributed by atoms with Gasteiger partial charge in [0.2, 0.25) is 0 Å². The quantitative estimate of drug-likeness (QED) is 0.838. The third kappa shape index (κ3) is 2.96. The average Bonchev–Trinajstić information content (AvgIpc) is 2.73. The second kappa shape index (κ2) is 5.56. The van der Waals surface area contributed by atoms with Crippen LogP contribution in [0.1, 0.15) is 36.8 Å². The van der Waals surface area contributed by atoms with E-state index in [4.69, 9.17) is 22.1 Å². The highest BCUT2D eigenvalue weighted by Gasteiger charge is 2.19. The zero-order valence-corrected chi connectivity index (χ0v) is 11.9. The standard InChI is InChI=1S/C16H20ClNO/c17-14-9-12-5-6-19-16(12)13(10-14)7-11-3-1-2-4-15(18)8-11/h8-10,15H,1-7,18H2. The number of benzene rings is 1. The minimum Gasteiger partial charge on any atom is -0.493 e. The van der Waals surface area contributed by atoms with Crippen LogP contribution in [0.4, 0.5) is 0 Å². The van der Waals surface area contributed by atoms with Crippen LogP contribution in [-0.4, -0.2) is 12.6 Å². The summed E-state index contributed by atoms with van der Waals surface area (Å²) in [4.78, 5) is 0. The Balaban J connectivity index is 1.87. The van der Waals surface area contributed by atoms with Gasteiger partial charge in [0.15, 0.2) is 0 Å². The first-order valence-corrected chi connectivity index (χ1v) is 7.49. The largest absolute Gasteiger partial charge is 0.493 e. The predicted octanol–water partition coefficient (Wildman–Crippen LogP) is 3.65. The van der Waals surface area contributed by atoms with Gasteiger partial charge in [0.1, 0.15) is 5.75 Å². The highest BCUT2D eigenvalue weighted by molar-refractivity contribution is 6.30. The Morgan fingerprint density at radius 3 is 3.05 bits per heavy atom. The Bertz CT molecular complexity index is 510. The molecule has 0 spiro atoms. The molecule has 0 bridgehead atoms. The lowest BCUT2D eigenvalue weighted by molar-refractivity contribution is 0.354. The van der Waals surface area contributed by atoms with E-state index >= 15 is 0 Å². The summed E-state index contributed by atoms with van der Waals surface area (Å²) in [5.74, 6) is 1.06. The predicted molar refractivity (Wildman–Crippen MR) is 78.9 cm³/mol. The van der Waals surface area contributed by atoms with E-state index in [0.717, 1.165) is 43.1 Å².